The van der Waals surface area contributed by atoms with Crippen molar-refractivity contribution in [2.24, 2.45) is 5.73 Å². The third kappa shape index (κ3) is 5.22. The molecule has 4 aromatic rings. The summed E-state index contributed by atoms with van der Waals surface area (Å²) in [7, 11) is 0. The third-order valence-corrected chi connectivity index (χ3v) is 6.71. The highest BCUT2D eigenvalue weighted by Crippen LogP contribution is 2.35. The minimum absolute atomic E-state index is 0.0274. The van der Waals surface area contributed by atoms with Crippen LogP contribution in [0.4, 0.5) is 30.4 Å². The lowest BCUT2D eigenvalue weighted by atomic mass is 9.98. The molecular formula is C29H26F3N5O2. The van der Waals surface area contributed by atoms with Crippen LogP contribution in [0.2, 0.25) is 0 Å². The lowest BCUT2D eigenvalue weighted by Gasteiger charge is -2.12. The summed E-state index contributed by atoms with van der Waals surface area (Å²) in [6.45, 7) is 4.80. The molecule has 10 heteroatoms. The van der Waals surface area contributed by atoms with E-state index in [0.717, 1.165) is 23.4 Å². The minimum atomic E-state index is -4.52. The zero-order chi connectivity index (χ0) is 27.9. The van der Waals surface area contributed by atoms with Gasteiger partial charge in [-0.15, -0.1) is 0 Å². The monoisotopic (exact) mass is 533 g/mol. The molecule has 0 unspecified atom stereocenters. The Hall–Kier alpha value is -4.60. The van der Waals surface area contributed by atoms with Crippen molar-refractivity contribution < 1.29 is 22.8 Å². The van der Waals surface area contributed by atoms with Crippen molar-refractivity contribution >= 4 is 29.0 Å². The van der Waals surface area contributed by atoms with Gasteiger partial charge in [0.2, 0.25) is 0 Å². The summed E-state index contributed by atoms with van der Waals surface area (Å²) in [5.41, 5.74) is 9.59. The molecule has 0 aliphatic carbocycles. The van der Waals surface area contributed by atoms with Crippen LogP contribution in [0.1, 0.15) is 57.2 Å². The van der Waals surface area contributed by atoms with Gasteiger partial charge in [0, 0.05) is 29.0 Å². The molecule has 7 nitrogen and oxygen atoms in total. The fourth-order valence-electron chi connectivity index (χ4n) is 4.60. The van der Waals surface area contributed by atoms with Gasteiger partial charge >= 0.3 is 6.18 Å². The van der Waals surface area contributed by atoms with Crippen molar-refractivity contribution in [1.82, 2.24) is 9.78 Å². The molecule has 39 heavy (non-hydrogen) atoms. The molecule has 0 radical (unpaired) electrons. The molecule has 0 saturated carbocycles. The molecule has 3 aromatic carbocycles. The van der Waals surface area contributed by atoms with Crippen LogP contribution < -0.4 is 16.4 Å². The molecule has 0 atom stereocenters. The van der Waals surface area contributed by atoms with Gasteiger partial charge in [-0.1, -0.05) is 44.2 Å². The second-order valence-electron chi connectivity index (χ2n) is 9.72. The summed E-state index contributed by atoms with van der Waals surface area (Å²) in [5.74, 6) is -0.332. The van der Waals surface area contributed by atoms with Crippen molar-refractivity contribution in [3.8, 4) is 11.3 Å². The number of aromatic nitrogens is 2. The summed E-state index contributed by atoms with van der Waals surface area (Å²) in [4.78, 5) is 25.2. The number of nitrogens with one attached hydrogen (secondary N) is 2. The summed E-state index contributed by atoms with van der Waals surface area (Å²) < 4.78 is 40.7. The van der Waals surface area contributed by atoms with E-state index in [1.165, 1.54) is 29.8 Å². The maximum Gasteiger partial charge on any atom is 0.416 e. The van der Waals surface area contributed by atoms with Crippen LogP contribution in [0.3, 0.4) is 0 Å². The number of amides is 2. The molecule has 2 amide bonds. The van der Waals surface area contributed by atoms with E-state index in [-0.39, 0.29) is 16.8 Å². The van der Waals surface area contributed by atoms with Crippen LogP contribution in [0.15, 0.2) is 66.7 Å². The maximum absolute atomic E-state index is 13.0. The molecule has 0 fully saturated rings. The Balaban J connectivity index is 1.41. The minimum Gasteiger partial charge on any atom is -0.365 e. The second kappa shape index (κ2) is 9.94. The fourth-order valence-corrected chi connectivity index (χ4v) is 4.60. The highest BCUT2D eigenvalue weighted by molar-refractivity contribution is 6.06. The zero-order valence-corrected chi connectivity index (χ0v) is 21.3. The predicted octanol–water partition coefficient (Wildman–Crippen LogP) is 6.34. The number of alkyl halides is 3. The average molecular weight is 534 g/mol. The fraction of sp³-hybridized carbons (Fsp3) is 0.207. The maximum atomic E-state index is 13.0. The molecule has 1 aliphatic heterocycles. The average Bonchev–Trinajstić information content (AvgIpc) is 3.16. The summed E-state index contributed by atoms with van der Waals surface area (Å²) in [6, 6.07) is 16.9. The van der Waals surface area contributed by atoms with Crippen molar-refractivity contribution in [2.75, 3.05) is 10.6 Å². The van der Waals surface area contributed by atoms with Gasteiger partial charge in [-0.25, -0.2) is 4.68 Å². The summed E-state index contributed by atoms with van der Waals surface area (Å²) in [6.07, 6.45) is -3.80. The first-order valence-corrected chi connectivity index (χ1v) is 12.4. The van der Waals surface area contributed by atoms with Crippen molar-refractivity contribution in [3.05, 3.63) is 94.5 Å². The smallest absolute Gasteiger partial charge is 0.365 e. The molecule has 1 aliphatic rings. The standard InChI is InChI=1S/C29H26F3N5O2/c1-16(2)19-10-11-23-20(14-19)12-13-37-27(35-23)24(26(33)38)25(36-37)17-6-8-18(9-7-17)28(39)34-22-5-3-4-21(15-22)29(30,31)32/h3-11,14-16,35H,12-13H2,1-2H3,(H2,33,38)(H,34,39). The van der Waals surface area contributed by atoms with E-state index in [4.69, 9.17) is 5.73 Å². The number of benzene rings is 3. The molecule has 5 rings (SSSR count). The zero-order valence-electron chi connectivity index (χ0n) is 21.3. The van der Waals surface area contributed by atoms with Gasteiger partial charge in [-0.3, -0.25) is 9.59 Å². The number of fused-ring (bicyclic) bond motifs is 2. The van der Waals surface area contributed by atoms with E-state index in [9.17, 15) is 22.8 Å². The quantitative estimate of drug-likeness (QED) is 0.278. The van der Waals surface area contributed by atoms with Gasteiger partial charge < -0.3 is 16.4 Å². The predicted molar refractivity (Wildman–Crippen MR) is 143 cm³/mol. The first-order chi connectivity index (χ1) is 18.5. The van der Waals surface area contributed by atoms with E-state index in [1.807, 2.05) is 6.07 Å². The Morgan fingerprint density at radius 2 is 1.79 bits per heavy atom. The summed E-state index contributed by atoms with van der Waals surface area (Å²) >= 11 is 0. The first-order valence-electron chi connectivity index (χ1n) is 12.4. The van der Waals surface area contributed by atoms with Crippen molar-refractivity contribution in [1.29, 1.82) is 0 Å². The van der Waals surface area contributed by atoms with Crippen LogP contribution in [0.5, 0.6) is 0 Å². The second-order valence-corrected chi connectivity index (χ2v) is 9.72. The molecule has 2 heterocycles. The van der Waals surface area contributed by atoms with Crippen LogP contribution in [-0.4, -0.2) is 21.6 Å². The van der Waals surface area contributed by atoms with Crippen LogP contribution in [-0.2, 0) is 19.1 Å². The third-order valence-electron chi connectivity index (χ3n) is 6.71. The van der Waals surface area contributed by atoms with E-state index >= 15 is 0 Å². The number of primary amides is 1. The summed E-state index contributed by atoms with van der Waals surface area (Å²) in [5, 5.41) is 10.5. The van der Waals surface area contributed by atoms with Crippen molar-refractivity contribution in [3.63, 3.8) is 0 Å². The number of nitrogens with two attached hydrogens (primary N) is 1. The lowest BCUT2D eigenvalue weighted by molar-refractivity contribution is -0.137. The van der Waals surface area contributed by atoms with E-state index < -0.39 is 23.6 Å². The first kappa shape index (κ1) is 26.0. The highest BCUT2D eigenvalue weighted by atomic mass is 19.4. The van der Waals surface area contributed by atoms with Crippen molar-refractivity contribution in [2.45, 2.75) is 38.9 Å². The lowest BCUT2D eigenvalue weighted by Crippen LogP contribution is -2.14. The number of hydrogen-bond donors (Lipinski definition) is 3. The number of aryl methyl sites for hydroxylation is 2. The Bertz CT molecular complexity index is 1570. The normalized spacial score (nSPS) is 12.8. The van der Waals surface area contributed by atoms with E-state index in [0.29, 0.717) is 36.0 Å². The van der Waals surface area contributed by atoms with Gasteiger partial charge in [-0.2, -0.15) is 18.3 Å². The Morgan fingerprint density at radius 1 is 1.05 bits per heavy atom. The van der Waals surface area contributed by atoms with Crippen LogP contribution in [0, 0.1) is 0 Å². The van der Waals surface area contributed by atoms with Gasteiger partial charge in [-0.05, 0) is 59.9 Å². The molecule has 4 N–H and O–H groups in total. The molecule has 200 valence electrons. The van der Waals surface area contributed by atoms with Crippen LogP contribution >= 0.6 is 0 Å². The van der Waals surface area contributed by atoms with E-state index in [2.05, 4.69) is 41.7 Å². The molecule has 0 spiro atoms. The Morgan fingerprint density at radius 3 is 2.46 bits per heavy atom. The topological polar surface area (TPSA) is 102 Å². The number of rotatable bonds is 5. The molecular weight excluding hydrogens is 507 g/mol. The number of carbonyl (C=O) groups excluding carboxylic acids is 2. The number of anilines is 3. The Kier molecular flexibility index (Phi) is 6.63. The van der Waals surface area contributed by atoms with Crippen LogP contribution in [0.25, 0.3) is 11.3 Å². The molecule has 0 bridgehead atoms. The number of carbonyl (C=O) groups is 2. The molecule has 0 saturated heterocycles. The van der Waals surface area contributed by atoms with Gasteiger partial charge in [0.05, 0.1) is 5.56 Å². The molecule has 1 aromatic heterocycles. The van der Waals surface area contributed by atoms with Gasteiger partial charge in [0.15, 0.2) is 0 Å². The van der Waals surface area contributed by atoms with E-state index in [1.54, 1.807) is 16.8 Å². The number of halogens is 3. The Labute approximate surface area is 222 Å². The van der Waals surface area contributed by atoms with Gasteiger partial charge in [0.25, 0.3) is 11.8 Å². The highest BCUT2D eigenvalue weighted by Gasteiger charge is 2.30. The largest absolute Gasteiger partial charge is 0.416 e. The van der Waals surface area contributed by atoms with Gasteiger partial charge in [0.1, 0.15) is 17.1 Å². The number of nitrogens with zero attached hydrogens (tertiary/aromatic N) is 2. The number of hydrogen-bond acceptors (Lipinski definition) is 4. The SMILES string of the molecule is CC(C)c1ccc2c(c1)CCn1nc(-c3ccc(C(=O)Nc4cccc(C(F)(F)F)c4)cc3)c(C(N)=O)c1N2.